The van der Waals surface area contributed by atoms with Gasteiger partial charge in [-0.1, -0.05) is 179 Å². The molecule has 51 heavy (non-hydrogen) atoms. The first-order valence-corrected chi connectivity index (χ1v) is 22.5. The fourth-order valence-electron chi connectivity index (χ4n) is 6.13. The van der Waals surface area contributed by atoms with Crippen LogP contribution >= 0.6 is 7.82 Å². The lowest BCUT2D eigenvalue weighted by Gasteiger charge is -2.24. The summed E-state index contributed by atoms with van der Waals surface area (Å²) in [6, 6.07) is -0.994. The van der Waals surface area contributed by atoms with Crippen LogP contribution in [-0.4, -0.2) is 59.0 Å². The maximum atomic E-state index is 12.8. The van der Waals surface area contributed by atoms with Crippen molar-refractivity contribution in [3.8, 4) is 0 Å². The average molecular weight is 745 g/mol. The van der Waals surface area contributed by atoms with Crippen molar-refractivity contribution in [1.82, 2.24) is 5.32 Å². The van der Waals surface area contributed by atoms with Gasteiger partial charge in [0.05, 0.1) is 37.9 Å². The number of allylic oxidation sites excluding steroid dienone is 3. The highest BCUT2D eigenvalue weighted by atomic mass is 31.2. The maximum Gasteiger partial charge on any atom is 0.472 e. The third-order valence-electron chi connectivity index (χ3n) is 9.33. The van der Waals surface area contributed by atoms with E-state index >= 15 is 0 Å². The Hall–Kier alpha value is -1.06. The molecule has 0 rings (SSSR count). The summed E-state index contributed by atoms with van der Waals surface area (Å²) in [6.45, 7) is 3.91. The molecule has 0 fully saturated rings. The fourth-order valence-corrected chi connectivity index (χ4v) is 6.89. The van der Waals surface area contributed by atoms with Gasteiger partial charge in [-0.3, -0.25) is 13.8 Å². The first-order chi connectivity index (χ1) is 24.8. The van der Waals surface area contributed by atoms with Crippen LogP contribution in [0.3, 0.4) is 0 Å². The molecule has 1 amide bonds. The molecule has 0 aromatic heterocycles. The SMILES string of the molecule is CCCCCC/C=C/CC/C=C/C(O)C(COP(=O)(O)OCCN)NC(=O)CC(O)CCCCCCCCCCCCCCCCCCCCC. The molecule has 6 N–H and O–H groups in total. The van der Waals surface area contributed by atoms with Crippen molar-refractivity contribution in [2.45, 2.75) is 212 Å². The Morgan fingerprint density at radius 1 is 0.667 bits per heavy atom. The van der Waals surface area contributed by atoms with Crippen molar-refractivity contribution in [3.63, 3.8) is 0 Å². The smallest absolute Gasteiger partial charge is 0.393 e. The normalized spacial score (nSPS) is 15.0. The number of rotatable bonds is 39. The lowest BCUT2D eigenvalue weighted by molar-refractivity contribution is -0.124. The number of nitrogens with one attached hydrogen (secondary N) is 1. The van der Waals surface area contributed by atoms with Crippen molar-refractivity contribution in [2.24, 2.45) is 5.73 Å². The number of unbranched alkanes of at least 4 members (excludes halogenated alkanes) is 23. The Bertz CT molecular complexity index is 873. The minimum absolute atomic E-state index is 0.0457. The second-order valence-electron chi connectivity index (χ2n) is 14.4. The van der Waals surface area contributed by atoms with Gasteiger partial charge in [-0.15, -0.1) is 0 Å². The maximum absolute atomic E-state index is 12.8. The van der Waals surface area contributed by atoms with Gasteiger partial charge in [0, 0.05) is 6.54 Å². The second kappa shape index (κ2) is 37.3. The minimum Gasteiger partial charge on any atom is -0.393 e. The molecule has 0 bridgehead atoms. The molecule has 0 aliphatic carbocycles. The number of nitrogens with two attached hydrogens (primary N) is 1. The zero-order chi connectivity index (χ0) is 37.7. The molecule has 0 aliphatic heterocycles. The number of carbonyl (C=O) groups excluding carboxylic acids is 1. The highest BCUT2D eigenvalue weighted by Crippen LogP contribution is 2.43. The van der Waals surface area contributed by atoms with E-state index in [1.54, 1.807) is 6.08 Å². The second-order valence-corrected chi connectivity index (χ2v) is 15.8. The Balaban J connectivity index is 4.23. The highest BCUT2D eigenvalue weighted by Gasteiger charge is 2.27. The van der Waals surface area contributed by atoms with Gasteiger partial charge in [0.2, 0.25) is 5.91 Å². The molecule has 0 aromatic carbocycles. The molecule has 0 saturated heterocycles. The van der Waals surface area contributed by atoms with Crippen molar-refractivity contribution in [3.05, 3.63) is 24.3 Å². The molecule has 4 atom stereocenters. The molecule has 0 aromatic rings. The lowest BCUT2D eigenvalue weighted by atomic mass is 10.0. The van der Waals surface area contributed by atoms with Crippen LogP contribution in [0.1, 0.15) is 194 Å². The van der Waals surface area contributed by atoms with Gasteiger partial charge < -0.3 is 26.2 Å². The largest absolute Gasteiger partial charge is 0.472 e. The summed E-state index contributed by atoms with van der Waals surface area (Å²) in [5.74, 6) is -0.456. The Morgan fingerprint density at radius 2 is 1.12 bits per heavy atom. The summed E-state index contributed by atoms with van der Waals surface area (Å²) in [7, 11) is -4.40. The number of aliphatic hydroxyl groups is 2. The molecule has 0 aliphatic rings. The predicted molar refractivity (Wildman–Crippen MR) is 214 cm³/mol. The number of phosphoric ester groups is 1. The van der Waals surface area contributed by atoms with E-state index in [2.05, 4.69) is 31.3 Å². The van der Waals surface area contributed by atoms with Gasteiger partial charge in [-0.2, -0.15) is 0 Å². The molecular formula is C41H81N2O7P. The standard InChI is InChI=1S/C41H81N2O7P/c1-3-5-7-9-11-13-15-16-17-18-19-20-21-22-23-24-26-28-30-32-38(44)36-41(46)43-39(37-50-51(47,48)49-35-34-42)40(45)33-31-29-27-25-14-12-10-8-6-4-2/h14,25,31,33,38-40,44-45H,3-13,15-24,26-30,32,34-37,42H2,1-2H3,(H,43,46)(H,47,48)/b25-14+,33-31+. The van der Waals surface area contributed by atoms with Gasteiger partial charge in [0.15, 0.2) is 0 Å². The van der Waals surface area contributed by atoms with E-state index in [1.807, 2.05) is 6.08 Å². The first-order valence-electron chi connectivity index (χ1n) is 21.0. The molecule has 9 nitrogen and oxygen atoms in total. The molecule has 0 spiro atoms. The highest BCUT2D eigenvalue weighted by molar-refractivity contribution is 7.47. The Kier molecular flexibility index (Phi) is 36.5. The minimum atomic E-state index is -4.40. The van der Waals surface area contributed by atoms with Crippen molar-refractivity contribution < 1.29 is 33.5 Å². The monoisotopic (exact) mass is 745 g/mol. The number of amides is 1. The van der Waals surface area contributed by atoms with Crippen LogP contribution in [0.5, 0.6) is 0 Å². The van der Waals surface area contributed by atoms with Gasteiger partial charge in [-0.05, 0) is 32.1 Å². The van der Waals surface area contributed by atoms with Crippen LogP contribution in [0.4, 0.5) is 0 Å². The summed E-state index contributed by atoms with van der Waals surface area (Å²) in [5.41, 5.74) is 5.34. The molecule has 10 heteroatoms. The van der Waals surface area contributed by atoms with Gasteiger partial charge in [0.25, 0.3) is 0 Å². The lowest BCUT2D eigenvalue weighted by Crippen LogP contribution is -2.46. The summed E-state index contributed by atoms with van der Waals surface area (Å²) < 4.78 is 22.0. The topological polar surface area (TPSA) is 151 Å². The predicted octanol–water partition coefficient (Wildman–Crippen LogP) is 10.4. The van der Waals surface area contributed by atoms with Crippen LogP contribution in [-0.2, 0) is 18.4 Å². The average Bonchev–Trinajstić information content (AvgIpc) is 3.10. The number of carbonyl (C=O) groups is 1. The van der Waals surface area contributed by atoms with Crippen LogP contribution in [0, 0.1) is 0 Å². The molecule has 0 saturated carbocycles. The summed E-state index contributed by atoms with van der Waals surface area (Å²) >= 11 is 0. The third-order valence-corrected chi connectivity index (χ3v) is 10.3. The van der Waals surface area contributed by atoms with E-state index in [0.717, 1.165) is 32.1 Å². The summed E-state index contributed by atoms with van der Waals surface area (Å²) in [6.07, 6.45) is 38.5. The summed E-state index contributed by atoms with van der Waals surface area (Å²) in [5, 5.41) is 23.9. The Morgan fingerprint density at radius 3 is 1.63 bits per heavy atom. The molecular weight excluding hydrogens is 663 g/mol. The molecule has 0 radical (unpaired) electrons. The van der Waals surface area contributed by atoms with Crippen molar-refractivity contribution >= 4 is 13.7 Å². The fraction of sp³-hybridized carbons (Fsp3) is 0.878. The van der Waals surface area contributed by atoms with Crippen molar-refractivity contribution in [1.29, 1.82) is 0 Å². The Labute approximate surface area is 313 Å². The molecule has 0 heterocycles. The van der Waals surface area contributed by atoms with E-state index in [9.17, 15) is 24.5 Å². The van der Waals surface area contributed by atoms with E-state index < -0.39 is 38.6 Å². The first kappa shape index (κ1) is 49.9. The number of hydrogen-bond donors (Lipinski definition) is 5. The zero-order valence-electron chi connectivity index (χ0n) is 33.0. The molecule has 4 unspecified atom stereocenters. The number of aliphatic hydroxyl groups excluding tert-OH is 2. The summed E-state index contributed by atoms with van der Waals surface area (Å²) in [4.78, 5) is 22.7. The van der Waals surface area contributed by atoms with Gasteiger partial charge in [0.1, 0.15) is 0 Å². The number of hydrogen-bond acceptors (Lipinski definition) is 7. The van der Waals surface area contributed by atoms with Gasteiger partial charge in [-0.25, -0.2) is 4.57 Å². The van der Waals surface area contributed by atoms with E-state index in [0.29, 0.717) is 12.8 Å². The van der Waals surface area contributed by atoms with Crippen LogP contribution in [0.2, 0.25) is 0 Å². The van der Waals surface area contributed by atoms with Crippen molar-refractivity contribution in [2.75, 3.05) is 19.8 Å². The van der Waals surface area contributed by atoms with Crippen LogP contribution in [0.25, 0.3) is 0 Å². The quantitative estimate of drug-likeness (QED) is 0.0237. The van der Waals surface area contributed by atoms with E-state index in [-0.39, 0.29) is 19.6 Å². The molecule has 302 valence electrons. The third kappa shape index (κ3) is 35.7. The van der Waals surface area contributed by atoms with Gasteiger partial charge >= 0.3 is 7.82 Å². The number of phosphoric acid groups is 1. The zero-order valence-corrected chi connectivity index (χ0v) is 33.9. The van der Waals surface area contributed by atoms with Crippen LogP contribution in [0.15, 0.2) is 24.3 Å². The van der Waals surface area contributed by atoms with Crippen LogP contribution < -0.4 is 11.1 Å². The van der Waals surface area contributed by atoms with E-state index in [1.165, 1.54) is 128 Å². The van der Waals surface area contributed by atoms with E-state index in [4.69, 9.17) is 14.8 Å².